The lowest BCUT2D eigenvalue weighted by Crippen LogP contribution is -2.19. The second-order valence-corrected chi connectivity index (χ2v) is 4.19. The Kier molecular flexibility index (Phi) is 1.86. The molecule has 0 amide bonds. The minimum atomic E-state index is 1.13. The number of nitrogens with one attached hydrogen (secondary N) is 2. The van der Waals surface area contributed by atoms with Crippen molar-refractivity contribution < 1.29 is 0 Å². The Balaban J connectivity index is 2.12. The molecule has 0 saturated heterocycles. The monoisotopic (exact) mass is 188 g/mol. The number of benzene rings is 1. The number of hydrogen-bond donors (Lipinski definition) is 2. The van der Waals surface area contributed by atoms with Crippen LogP contribution in [0.1, 0.15) is 24.0 Å². The van der Waals surface area contributed by atoms with Gasteiger partial charge in [0.1, 0.15) is 0 Å². The van der Waals surface area contributed by atoms with Crippen molar-refractivity contribution in [3.05, 3.63) is 23.3 Å². The van der Waals surface area contributed by atoms with Crippen LogP contribution in [0.3, 0.4) is 0 Å². The summed E-state index contributed by atoms with van der Waals surface area (Å²) in [7, 11) is 0. The molecule has 0 atom stereocenters. The first kappa shape index (κ1) is 8.16. The predicted octanol–water partition coefficient (Wildman–Crippen LogP) is 2.40. The highest BCUT2D eigenvalue weighted by Gasteiger charge is 2.17. The summed E-state index contributed by atoms with van der Waals surface area (Å²) < 4.78 is 0. The van der Waals surface area contributed by atoms with Crippen molar-refractivity contribution in [3.63, 3.8) is 0 Å². The second kappa shape index (κ2) is 3.19. The van der Waals surface area contributed by atoms with Crippen LogP contribution >= 0.6 is 0 Å². The summed E-state index contributed by atoms with van der Waals surface area (Å²) >= 11 is 0. The largest absolute Gasteiger partial charge is 0.383 e. The van der Waals surface area contributed by atoms with Gasteiger partial charge < -0.3 is 10.6 Å². The third kappa shape index (κ3) is 1.17. The van der Waals surface area contributed by atoms with Gasteiger partial charge in [0.05, 0.1) is 11.4 Å². The minimum Gasteiger partial charge on any atom is -0.383 e. The van der Waals surface area contributed by atoms with Crippen LogP contribution < -0.4 is 10.6 Å². The van der Waals surface area contributed by atoms with Gasteiger partial charge in [0.25, 0.3) is 0 Å². The molecule has 0 unspecified atom stereocenters. The Hall–Kier alpha value is -1.18. The van der Waals surface area contributed by atoms with Crippen molar-refractivity contribution in [3.8, 4) is 0 Å². The number of hydrogen-bond acceptors (Lipinski definition) is 2. The number of fused-ring (bicyclic) bond motifs is 3. The van der Waals surface area contributed by atoms with Crippen molar-refractivity contribution in [2.24, 2.45) is 0 Å². The van der Waals surface area contributed by atoms with Crippen LogP contribution in [0.2, 0.25) is 0 Å². The van der Waals surface area contributed by atoms with E-state index in [1.165, 1.54) is 48.2 Å². The summed E-state index contributed by atoms with van der Waals surface area (Å²) in [4.78, 5) is 0. The van der Waals surface area contributed by atoms with Crippen molar-refractivity contribution in [1.82, 2.24) is 0 Å². The Bertz CT molecular complexity index is 323. The Morgan fingerprint density at radius 2 is 1.29 bits per heavy atom. The molecule has 74 valence electrons. The molecule has 0 aliphatic carbocycles. The van der Waals surface area contributed by atoms with Gasteiger partial charge in [-0.15, -0.1) is 0 Å². The van der Waals surface area contributed by atoms with Crippen LogP contribution in [0.5, 0.6) is 0 Å². The molecule has 0 fully saturated rings. The first-order chi connectivity index (χ1) is 6.95. The molecule has 0 saturated carbocycles. The summed E-state index contributed by atoms with van der Waals surface area (Å²) in [6.45, 7) is 2.26. The fraction of sp³-hybridized carbons (Fsp3) is 0.500. The molecular weight excluding hydrogens is 172 g/mol. The molecule has 0 aromatic heterocycles. The number of aryl methyl sites for hydroxylation is 2. The predicted molar refractivity (Wildman–Crippen MR) is 60.1 cm³/mol. The van der Waals surface area contributed by atoms with Crippen molar-refractivity contribution in [2.45, 2.75) is 25.7 Å². The van der Waals surface area contributed by atoms with E-state index in [2.05, 4.69) is 22.8 Å². The summed E-state index contributed by atoms with van der Waals surface area (Å²) in [5.41, 5.74) is 5.75. The number of anilines is 2. The molecule has 2 aliphatic heterocycles. The third-order valence-electron chi connectivity index (χ3n) is 3.23. The van der Waals surface area contributed by atoms with E-state index in [1.54, 1.807) is 0 Å². The van der Waals surface area contributed by atoms with Crippen LogP contribution in [-0.4, -0.2) is 13.1 Å². The molecule has 2 nitrogen and oxygen atoms in total. The van der Waals surface area contributed by atoms with Gasteiger partial charge in [-0.25, -0.2) is 0 Å². The molecule has 2 heterocycles. The molecule has 0 radical (unpaired) electrons. The highest BCUT2D eigenvalue weighted by Crippen LogP contribution is 2.35. The van der Waals surface area contributed by atoms with Gasteiger partial charge in [0, 0.05) is 13.1 Å². The molecule has 0 bridgehead atoms. The minimum absolute atomic E-state index is 1.13. The Labute approximate surface area is 84.7 Å². The smallest absolute Gasteiger partial charge is 0.0611 e. The normalized spacial score (nSPS) is 18.9. The SMILES string of the molecule is c1cc2c(c3c1CCCN3)NCCC2. The van der Waals surface area contributed by atoms with Gasteiger partial charge in [-0.3, -0.25) is 0 Å². The lowest BCUT2D eigenvalue weighted by Gasteiger charge is -2.27. The Morgan fingerprint density at radius 3 is 1.79 bits per heavy atom. The fourth-order valence-corrected chi connectivity index (χ4v) is 2.49. The maximum absolute atomic E-state index is 3.53. The highest BCUT2D eigenvalue weighted by molar-refractivity contribution is 5.77. The quantitative estimate of drug-likeness (QED) is 0.653. The summed E-state index contributed by atoms with van der Waals surface area (Å²) in [5, 5.41) is 7.06. The summed E-state index contributed by atoms with van der Waals surface area (Å²) in [6, 6.07) is 4.60. The zero-order valence-corrected chi connectivity index (χ0v) is 8.40. The number of rotatable bonds is 0. The lowest BCUT2D eigenvalue weighted by atomic mass is 9.95. The molecule has 3 rings (SSSR count). The van der Waals surface area contributed by atoms with E-state index in [0.29, 0.717) is 0 Å². The van der Waals surface area contributed by atoms with E-state index in [4.69, 9.17) is 0 Å². The van der Waals surface area contributed by atoms with Crippen molar-refractivity contribution in [2.75, 3.05) is 23.7 Å². The zero-order chi connectivity index (χ0) is 9.38. The van der Waals surface area contributed by atoms with E-state index >= 15 is 0 Å². The molecule has 14 heavy (non-hydrogen) atoms. The van der Waals surface area contributed by atoms with Crippen LogP contribution in [0.4, 0.5) is 11.4 Å². The van der Waals surface area contributed by atoms with Gasteiger partial charge in [-0.2, -0.15) is 0 Å². The van der Waals surface area contributed by atoms with Crippen molar-refractivity contribution >= 4 is 11.4 Å². The lowest BCUT2D eigenvalue weighted by molar-refractivity contribution is 0.804. The van der Waals surface area contributed by atoms with Crippen LogP contribution in [0, 0.1) is 0 Å². The maximum Gasteiger partial charge on any atom is 0.0611 e. The first-order valence-electron chi connectivity index (χ1n) is 5.57. The van der Waals surface area contributed by atoms with Crippen molar-refractivity contribution in [1.29, 1.82) is 0 Å². The topological polar surface area (TPSA) is 24.1 Å². The van der Waals surface area contributed by atoms with Gasteiger partial charge in [0.15, 0.2) is 0 Å². The van der Waals surface area contributed by atoms with Crippen LogP contribution in [0.15, 0.2) is 12.1 Å². The molecule has 0 spiro atoms. The van der Waals surface area contributed by atoms with Crippen LogP contribution in [-0.2, 0) is 12.8 Å². The first-order valence-corrected chi connectivity index (χ1v) is 5.57. The van der Waals surface area contributed by atoms with Gasteiger partial charge in [0.2, 0.25) is 0 Å². The molecule has 2 N–H and O–H groups in total. The van der Waals surface area contributed by atoms with Crippen LogP contribution in [0.25, 0.3) is 0 Å². The van der Waals surface area contributed by atoms with E-state index in [0.717, 1.165) is 13.1 Å². The molecule has 2 aliphatic rings. The Morgan fingerprint density at radius 1 is 0.786 bits per heavy atom. The van der Waals surface area contributed by atoms with Gasteiger partial charge in [-0.05, 0) is 36.8 Å². The standard InChI is InChI=1S/C12H16N2/c1-3-9-5-6-10-4-2-8-14-12(10)11(9)13-7-1/h5-6,13-14H,1-4,7-8H2. The van der Waals surface area contributed by atoms with E-state index < -0.39 is 0 Å². The average Bonchev–Trinajstić information content (AvgIpc) is 2.29. The molecular formula is C12H16N2. The average molecular weight is 188 g/mol. The van der Waals surface area contributed by atoms with E-state index in [-0.39, 0.29) is 0 Å². The van der Waals surface area contributed by atoms with E-state index in [9.17, 15) is 0 Å². The van der Waals surface area contributed by atoms with Gasteiger partial charge >= 0.3 is 0 Å². The molecule has 2 heteroatoms. The molecule has 1 aromatic carbocycles. The summed E-state index contributed by atoms with van der Waals surface area (Å²) in [6.07, 6.45) is 5.01. The fourth-order valence-electron chi connectivity index (χ4n) is 2.49. The van der Waals surface area contributed by atoms with E-state index in [1.807, 2.05) is 0 Å². The second-order valence-electron chi connectivity index (χ2n) is 4.19. The zero-order valence-electron chi connectivity index (χ0n) is 8.40. The van der Waals surface area contributed by atoms with Gasteiger partial charge in [-0.1, -0.05) is 12.1 Å². The highest BCUT2D eigenvalue weighted by atomic mass is 15.0. The molecule has 1 aromatic rings. The summed E-state index contributed by atoms with van der Waals surface area (Å²) in [5.74, 6) is 0. The third-order valence-corrected chi connectivity index (χ3v) is 3.23. The maximum atomic E-state index is 3.53.